The summed E-state index contributed by atoms with van der Waals surface area (Å²) >= 11 is 0. The number of furan rings is 1. The molecule has 0 aliphatic carbocycles. The van der Waals surface area contributed by atoms with Gasteiger partial charge in [-0.25, -0.2) is 9.69 Å². The maximum Gasteiger partial charge on any atom is 0.335 e. The largest absolute Gasteiger partial charge is 0.467 e. The standard InChI is InChI=1S/C24H22N2O4/c1-3-16-10-12-17(13-11-16)26-23(28)25(22(27)21-9-6-14-29-21)19-15-24(26,2)30-20-8-5-4-7-18(19)20/h4-14,19H,3,15H2,1-2H3/t19-,24-/m0/s1. The molecule has 2 atom stereocenters. The van der Waals surface area contributed by atoms with Gasteiger partial charge >= 0.3 is 6.03 Å². The lowest BCUT2D eigenvalue weighted by Crippen LogP contribution is -2.67. The molecule has 0 N–H and O–H groups in total. The summed E-state index contributed by atoms with van der Waals surface area (Å²) in [5, 5.41) is 0. The fourth-order valence-corrected chi connectivity index (χ4v) is 4.42. The second-order valence-corrected chi connectivity index (χ2v) is 7.83. The van der Waals surface area contributed by atoms with Crippen molar-refractivity contribution >= 4 is 17.6 Å². The van der Waals surface area contributed by atoms with Gasteiger partial charge in [0.15, 0.2) is 11.5 Å². The number of fused-ring (bicyclic) bond motifs is 4. The van der Waals surface area contributed by atoms with E-state index in [1.165, 1.54) is 16.7 Å². The highest BCUT2D eigenvalue weighted by molar-refractivity contribution is 6.09. The van der Waals surface area contributed by atoms with E-state index >= 15 is 0 Å². The van der Waals surface area contributed by atoms with Crippen molar-refractivity contribution < 1.29 is 18.7 Å². The van der Waals surface area contributed by atoms with Crippen molar-refractivity contribution in [2.45, 2.75) is 38.5 Å². The summed E-state index contributed by atoms with van der Waals surface area (Å²) in [5.74, 6) is 0.359. The van der Waals surface area contributed by atoms with Gasteiger partial charge in [-0.05, 0) is 49.2 Å². The molecule has 1 saturated heterocycles. The minimum atomic E-state index is -0.913. The van der Waals surface area contributed by atoms with E-state index in [-0.39, 0.29) is 5.76 Å². The van der Waals surface area contributed by atoms with Crippen molar-refractivity contribution in [2.75, 3.05) is 4.90 Å². The Kier molecular flexibility index (Phi) is 4.17. The molecule has 152 valence electrons. The summed E-state index contributed by atoms with van der Waals surface area (Å²) in [6.07, 6.45) is 2.79. The van der Waals surface area contributed by atoms with Gasteiger partial charge in [-0.1, -0.05) is 37.3 Å². The number of carbonyl (C=O) groups excluding carboxylic acids is 2. The summed E-state index contributed by atoms with van der Waals surface area (Å²) in [6.45, 7) is 3.98. The van der Waals surface area contributed by atoms with Crippen LogP contribution in [0.25, 0.3) is 0 Å². The lowest BCUT2D eigenvalue weighted by atomic mass is 9.88. The van der Waals surface area contributed by atoms with Gasteiger partial charge in [-0.3, -0.25) is 9.69 Å². The molecule has 6 nitrogen and oxygen atoms in total. The number of hydrogen-bond acceptors (Lipinski definition) is 4. The Morgan fingerprint density at radius 2 is 1.87 bits per heavy atom. The molecule has 2 bridgehead atoms. The average Bonchev–Trinajstić information content (AvgIpc) is 3.28. The lowest BCUT2D eigenvalue weighted by molar-refractivity contribution is 0.00174. The number of amides is 3. The first-order valence-corrected chi connectivity index (χ1v) is 10.1. The van der Waals surface area contributed by atoms with E-state index in [1.54, 1.807) is 17.0 Å². The molecule has 3 heterocycles. The van der Waals surface area contributed by atoms with Crippen LogP contribution < -0.4 is 9.64 Å². The quantitative estimate of drug-likeness (QED) is 0.607. The summed E-state index contributed by atoms with van der Waals surface area (Å²) < 4.78 is 11.7. The third-order valence-electron chi connectivity index (χ3n) is 5.92. The SMILES string of the molecule is CCc1ccc(N2C(=O)N(C(=O)c3ccco3)[C@H]3C[C@]2(C)Oc2ccccc23)cc1. The molecule has 2 aliphatic rings. The van der Waals surface area contributed by atoms with Gasteiger partial charge in [0, 0.05) is 17.7 Å². The molecule has 1 aromatic heterocycles. The molecule has 0 radical (unpaired) electrons. The first kappa shape index (κ1) is 18.5. The number of anilines is 1. The Bertz CT molecular complexity index is 1110. The van der Waals surface area contributed by atoms with Gasteiger partial charge in [0.1, 0.15) is 5.75 Å². The highest BCUT2D eigenvalue weighted by atomic mass is 16.5. The summed E-state index contributed by atoms with van der Waals surface area (Å²) in [4.78, 5) is 29.9. The molecule has 0 unspecified atom stereocenters. The minimum absolute atomic E-state index is 0.136. The molecule has 3 aromatic rings. The van der Waals surface area contributed by atoms with Gasteiger partial charge in [0.25, 0.3) is 5.91 Å². The number of carbonyl (C=O) groups is 2. The number of rotatable bonds is 3. The average molecular weight is 402 g/mol. The molecule has 5 rings (SSSR count). The Hall–Kier alpha value is -3.54. The van der Waals surface area contributed by atoms with Crippen LogP contribution in [0.3, 0.4) is 0 Å². The van der Waals surface area contributed by atoms with Crippen LogP contribution in [0, 0.1) is 0 Å². The Balaban J connectivity index is 1.66. The fourth-order valence-electron chi connectivity index (χ4n) is 4.42. The second kappa shape index (κ2) is 6.76. The first-order chi connectivity index (χ1) is 14.5. The van der Waals surface area contributed by atoms with Gasteiger partial charge in [-0.2, -0.15) is 0 Å². The first-order valence-electron chi connectivity index (χ1n) is 10.1. The van der Waals surface area contributed by atoms with Crippen LogP contribution in [-0.2, 0) is 6.42 Å². The zero-order valence-electron chi connectivity index (χ0n) is 16.9. The second-order valence-electron chi connectivity index (χ2n) is 7.83. The molecular formula is C24H22N2O4. The third-order valence-corrected chi connectivity index (χ3v) is 5.92. The van der Waals surface area contributed by atoms with Gasteiger partial charge < -0.3 is 9.15 Å². The predicted molar refractivity (Wildman–Crippen MR) is 111 cm³/mol. The molecular weight excluding hydrogens is 380 g/mol. The van der Waals surface area contributed by atoms with Crippen molar-refractivity contribution in [3.63, 3.8) is 0 Å². The van der Waals surface area contributed by atoms with Crippen LogP contribution in [0.15, 0.2) is 71.3 Å². The molecule has 30 heavy (non-hydrogen) atoms. The van der Waals surface area contributed by atoms with Crippen LogP contribution in [0.5, 0.6) is 5.75 Å². The van der Waals surface area contributed by atoms with Crippen molar-refractivity contribution in [1.29, 1.82) is 0 Å². The summed E-state index contributed by atoms with van der Waals surface area (Å²) in [6, 6.07) is 17.7. The molecule has 2 aliphatic heterocycles. The summed E-state index contributed by atoms with van der Waals surface area (Å²) in [7, 11) is 0. The van der Waals surface area contributed by atoms with E-state index < -0.39 is 23.7 Å². The number of benzene rings is 2. The highest BCUT2D eigenvalue weighted by Gasteiger charge is 2.55. The van der Waals surface area contributed by atoms with E-state index in [4.69, 9.17) is 9.15 Å². The van der Waals surface area contributed by atoms with Crippen molar-refractivity contribution in [3.05, 3.63) is 83.8 Å². The van der Waals surface area contributed by atoms with Crippen LogP contribution in [0.4, 0.5) is 10.5 Å². The lowest BCUT2D eigenvalue weighted by Gasteiger charge is -2.53. The van der Waals surface area contributed by atoms with E-state index in [1.807, 2.05) is 55.5 Å². The number of urea groups is 1. The number of nitrogens with zero attached hydrogens (tertiary/aromatic N) is 2. The number of para-hydroxylation sites is 1. The van der Waals surface area contributed by atoms with E-state index in [9.17, 15) is 9.59 Å². The number of ether oxygens (including phenoxy) is 1. The topological polar surface area (TPSA) is 63.0 Å². The monoisotopic (exact) mass is 402 g/mol. The van der Waals surface area contributed by atoms with Gasteiger partial charge in [0.05, 0.1) is 12.3 Å². The van der Waals surface area contributed by atoms with Crippen LogP contribution >= 0.6 is 0 Å². The van der Waals surface area contributed by atoms with E-state index in [0.29, 0.717) is 17.9 Å². The molecule has 6 heteroatoms. The van der Waals surface area contributed by atoms with Crippen molar-refractivity contribution in [1.82, 2.24) is 4.90 Å². The fraction of sp³-hybridized carbons (Fsp3) is 0.250. The normalized spacial score (nSPS) is 22.5. The minimum Gasteiger partial charge on any atom is -0.467 e. The van der Waals surface area contributed by atoms with Gasteiger partial charge in [0.2, 0.25) is 0 Å². The van der Waals surface area contributed by atoms with E-state index in [0.717, 1.165) is 12.0 Å². The predicted octanol–water partition coefficient (Wildman–Crippen LogP) is 5.16. The Labute approximate surface area is 174 Å². The van der Waals surface area contributed by atoms with Crippen LogP contribution in [0.2, 0.25) is 0 Å². The molecule has 0 spiro atoms. The smallest absolute Gasteiger partial charge is 0.335 e. The molecule has 3 amide bonds. The maximum atomic E-state index is 13.8. The molecule has 1 fully saturated rings. The van der Waals surface area contributed by atoms with Gasteiger partial charge in [-0.15, -0.1) is 0 Å². The van der Waals surface area contributed by atoms with Crippen LogP contribution in [0.1, 0.15) is 48.0 Å². The third kappa shape index (κ3) is 2.71. The van der Waals surface area contributed by atoms with Crippen molar-refractivity contribution in [2.24, 2.45) is 0 Å². The maximum absolute atomic E-state index is 13.8. The van der Waals surface area contributed by atoms with Crippen LogP contribution in [-0.4, -0.2) is 22.6 Å². The molecule has 2 aromatic carbocycles. The number of imide groups is 1. The van der Waals surface area contributed by atoms with Crippen molar-refractivity contribution in [3.8, 4) is 5.75 Å². The number of aryl methyl sites for hydroxylation is 1. The van der Waals surface area contributed by atoms with E-state index in [2.05, 4.69) is 6.92 Å². The number of hydrogen-bond donors (Lipinski definition) is 0. The molecule has 0 saturated carbocycles. The Morgan fingerprint density at radius 1 is 1.10 bits per heavy atom. The summed E-state index contributed by atoms with van der Waals surface area (Å²) in [5.41, 5.74) is 1.77. The Morgan fingerprint density at radius 3 is 2.57 bits per heavy atom. The zero-order chi connectivity index (χ0) is 20.9. The zero-order valence-corrected chi connectivity index (χ0v) is 16.9. The highest BCUT2D eigenvalue weighted by Crippen LogP contribution is 2.49.